The van der Waals surface area contributed by atoms with E-state index in [9.17, 15) is 15.0 Å². The quantitative estimate of drug-likeness (QED) is 0.261. The lowest BCUT2D eigenvalue weighted by molar-refractivity contribution is -0.107. The van der Waals surface area contributed by atoms with Crippen LogP contribution in [-0.2, 0) is 17.8 Å². The molecule has 0 aliphatic carbocycles. The van der Waals surface area contributed by atoms with Crippen LogP contribution in [0.1, 0.15) is 48.5 Å². The van der Waals surface area contributed by atoms with Gasteiger partial charge in [-0.15, -0.1) is 0 Å². The Kier molecular flexibility index (Phi) is 8.08. The van der Waals surface area contributed by atoms with Crippen molar-refractivity contribution in [3.05, 3.63) is 53.1 Å². The first-order valence-corrected chi connectivity index (χ1v) is 12.5. The number of phenols is 1. The van der Waals surface area contributed by atoms with E-state index in [1.807, 2.05) is 0 Å². The van der Waals surface area contributed by atoms with E-state index in [0.29, 0.717) is 12.2 Å². The van der Waals surface area contributed by atoms with E-state index < -0.39 is 11.5 Å². The number of phenolic OH excluding ortho intramolecular Hbond substituents is 1. The molecule has 2 atom stereocenters. The number of nitrogens with zero attached hydrogens (tertiary/aromatic N) is 1. The molecule has 4 N–H and O–H groups in total. The summed E-state index contributed by atoms with van der Waals surface area (Å²) in [4.78, 5) is 14.4. The van der Waals surface area contributed by atoms with Gasteiger partial charge >= 0.3 is 0 Å². The molecule has 7 heteroatoms. The van der Waals surface area contributed by atoms with Crippen molar-refractivity contribution in [3.8, 4) is 5.75 Å². The maximum absolute atomic E-state index is 11.1. The zero-order valence-corrected chi connectivity index (χ0v) is 19.2. The number of benzene rings is 2. The van der Waals surface area contributed by atoms with Gasteiger partial charge in [0.2, 0.25) is 0 Å². The minimum Gasteiger partial charge on any atom is -0.506 e. The van der Waals surface area contributed by atoms with Crippen molar-refractivity contribution < 1.29 is 15.0 Å². The van der Waals surface area contributed by atoms with Crippen molar-refractivity contribution in [1.82, 2.24) is 10.2 Å². The van der Waals surface area contributed by atoms with Gasteiger partial charge in [0.1, 0.15) is 11.1 Å². The second-order valence-electron chi connectivity index (χ2n) is 8.68. The molecule has 0 aromatic heterocycles. The summed E-state index contributed by atoms with van der Waals surface area (Å²) in [6, 6.07) is 12.1. The molecule has 1 unspecified atom stereocenters. The first kappa shape index (κ1) is 23.1. The summed E-state index contributed by atoms with van der Waals surface area (Å²) in [6.45, 7) is 4.61. The van der Waals surface area contributed by atoms with Gasteiger partial charge in [0, 0.05) is 18.0 Å². The molecule has 6 nitrogen and oxygen atoms in total. The molecule has 2 aliphatic rings. The molecule has 2 aromatic rings. The summed E-state index contributed by atoms with van der Waals surface area (Å²) in [5.41, 5.74) is 3.94. The number of hydrogen-bond donors (Lipinski definition) is 4. The smallest absolute Gasteiger partial charge is 0.152 e. The number of fused-ring (bicyclic) bond motifs is 1. The van der Waals surface area contributed by atoms with Crippen molar-refractivity contribution in [2.45, 2.75) is 55.0 Å². The summed E-state index contributed by atoms with van der Waals surface area (Å²) in [7, 11) is 0. The Hall–Kier alpha value is -2.06. The summed E-state index contributed by atoms with van der Waals surface area (Å²) >= 11 is 1.33. The number of hydrogen-bond acceptors (Lipinski definition) is 7. The second-order valence-corrected chi connectivity index (χ2v) is 9.83. The topological polar surface area (TPSA) is 84.8 Å². The normalized spacial score (nSPS) is 19.7. The Morgan fingerprint density at radius 1 is 1.16 bits per heavy atom. The van der Waals surface area contributed by atoms with Crippen molar-refractivity contribution >= 4 is 23.7 Å². The maximum Gasteiger partial charge on any atom is 0.152 e. The lowest BCUT2D eigenvalue weighted by atomic mass is 10.1. The van der Waals surface area contributed by atoms with E-state index in [1.165, 1.54) is 61.7 Å². The Morgan fingerprint density at radius 3 is 2.72 bits per heavy atom. The van der Waals surface area contributed by atoms with Crippen LogP contribution < -0.4 is 10.6 Å². The van der Waals surface area contributed by atoms with Crippen LogP contribution in [0.3, 0.4) is 0 Å². The van der Waals surface area contributed by atoms with Crippen LogP contribution in [0.2, 0.25) is 0 Å². The molecule has 0 bridgehead atoms. The van der Waals surface area contributed by atoms with Crippen LogP contribution >= 0.6 is 11.8 Å². The number of rotatable bonds is 9. The number of thioether (sulfide) groups is 1. The first-order chi connectivity index (χ1) is 15.6. The van der Waals surface area contributed by atoms with Crippen LogP contribution in [0, 0.1) is 0 Å². The van der Waals surface area contributed by atoms with Gasteiger partial charge in [0.15, 0.2) is 6.29 Å². The molecule has 32 heavy (non-hydrogen) atoms. The summed E-state index contributed by atoms with van der Waals surface area (Å²) in [5.74, 6) is 0.0980. The monoisotopic (exact) mass is 455 g/mol. The van der Waals surface area contributed by atoms with Gasteiger partial charge in [-0.05, 0) is 61.7 Å². The third-order valence-corrected chi connectivity index (χ3v) is 7.36. The largest absolute Gasteiger partial charge is 0.506 e. The Labute approximate surface area is 194 Å². The van der Waals surface area contributed by atoms with Gasteiger partial charge in [0.25, 0.3) is 0 Å². The number of carbonyl (C=O) groups excluding carboxylic acids is 1. The van der Waals surface area contributed by atoms with Crippen LogP contribution in [-0.4, -0.2) is 53.0 Å². The van der Waals surface area contributed by atoms with Crippen LogP contribution in [0.15, 0.2) is 41.3 Å². The Morgan fingerprint density at radius 2 is 1.94 bits per heavy atom. The molecule has 1 fully saturated rings. The number of anilines is 1. The molecular weight excluding hydrogens is 422 g/mol. The molecule has 2 aliphatic heterocycles. The first-order valence-electron chi connectivity index (χ1n) is 11.6. The zero-order chi connectivity index (χ0) is 22.3. The maximum atomic E-state index is 11.1. The molecule has 1 saturated heterocycles. The number of likely N-dealkylation sites (tertiary alicyclic amines) is 1. The molecule has 2 aromatic carbocycles. The van der Waals surface area contributed by atoms with E-state index in [2.05, 4.69) is 39.8 Å². The van der Waals surface area contributed by atoms with Crippen molar-refractivity contribution in [3.63, 3.8) is 0 Å². The summed E-state index contributed by atoms with van der Waals surface area (Å²) in [5, 5.41) is 26.6. The molecule has 2 heterocycles. The predicted molar refractivity (Wildman–Crippen MR) is 129 cm³/mol. The van der Waals surface area contributed by atoms with Crippen molar-refractivity contribution in [2.24, 2.45) is 0 Å². The number of aldehydes is 1. The number of carbonyl (C=O) groups is 1. The van der Waals surface area contributed by atoms with Crippen molar-refractivity contribution in [2.75, 3.05) is 31.5 Å². The van der Waals surface area contributed by atoms with E-state index in [1.54, 1.807) is 12.1 Å². The number of aliphatic hydroxyl groups excluding tert-OH is 1. The van der Waals surface area contributed by atoms with Gasteiger partial charge in [-0.2, -0.15) is 0 Å². The highest BCUT2D eigenvalue weighted by Gasteiger charge is 2.28. The van der Waals surface area contributed by atoms with E-state index in [0.717, 1.165) is 36.3 Å². The van der Waals surface area contributed by atoms with Crippen LogP contribution in [0.4, 0.5) is 5.69 Å². The zero-order valence-electron chi connectivity index (χ0n) is 18.4. The summed E-state index contributed by atoms with van der Waals surface area (Å²) in [6.07, 6.45) is 6.32. The molecule has 0 radical (unpaired) electrons. The fourth-order valence-corrected chi connectivity index (χ4v) is 5.60. The number of nitrogens with one attached hydrogen (secondary N) is 2. The highest BCUT2D eigenvalue weighted by atomic mass is 32.2. The van der Waals surface area contributed by atoms with Crippen LogP contribution in [0.25, 0.3) is 0 Å². The molecular formula is C25H33N3O3S. The average Bonchev–Trinajstić information content (AvgIpc) is 3.09. The predicted octanol–water partition coefficient (Wildman–Crippen LogP) is 3.68. The van der Waals surface area contributed by atoms with Gasteiger partial charge in [-0.25, -0.2) is 0 Å². The van der Waals surface area contributed by atoms with E-state index in [4.69, 9.17) is 0 Å². The van der Waals surface area contributed by atoms with Gasteiger partial charge in [-0.3, -0.25) is 4.90 Å². The SMILES string of the molecule is O=CC1Nc2c(O)ccc([C@@H](O)CNCCc3cccc(CN4CCCCCC4)c3)c2S1. The fourth-order valence-electron chi connectivity index (χ4n) is 4.50. The third kappa shape index (κ3) is 5.84. The molecule has 0 spiro atoms. The highest BCUT2D eigenvalue weighted by molar-refractivity contribution is 8.01. The molecule has 4 rings (SSSR count). The Balaban J connectivity index is 1.27. The highest BCUT2D eigenvalue weighted by Crippen LogP contribution is 2.46. The number of aliphatic hydroxyl groups is 1. The molecule has 0 amide bonds. The molecule has 172 valence electrons. The number of aromatic hydroxyl groups is 1. The average molecular weight is 456 g/mol. The standard InChI is InChI=1S/C25H33N3O3S/c29-17-23-27-24-21(30)9-8-20(25(24)32-23)22(31)15-26-11-10-18-6-5-7-19(14-18)16-28-12-3-1-2-4-13-28/h5-9,14,17,22-23,26-27,30-31H,1-4,10-13,15-16H2/t22-,23?/m0/s1. The second kappa shape index (κ2) is 11.2. The lowest BCUT2D eigenvalue weighted by Gasteiger charge is -2.20. The Bertz CT molecular complexity index is 915. The van der Waals surface area contributed by atoms with Crippen LogP contribution in [0.5, 0.6) is 5.75 Å². The van der Waals surface area contributed by atoms with Gasteiger partial charge in [0.05, 0.1) is 11.8 Å². The minimum absolute atomic E-state index is 0.0980. The van der Waals surface area contributed by atoms with E-state index in [-0.39, 0.29) is 5.75 Å². The lowest BCUT2D eigenvalue weighted by Crippen LogP contribution is -2.25. The van der Waals surface area contributed by atoms with Gasteiger partial charge < -0.3 is 25.6 Å². The van der Waals surface area contributed by atoms with E-state index >= 15 is 0 Å². The third-order valence-electron chi connectivity index (χ3n) is 6.20. The molecule has 0 saturated carbocycles. The van der Waals surface area contributed by atoms with Crippen molar-refractivity contribution in [1.29, 1.82) is 0 Å². The summed E-state index contributed by atoms with van der Waals surface area (Å²) < 4.78 is 0. The fraction of sp³-hybridized carbons (Fsp3) is 0.480. The minimum atomic E-state index is -0.710. The van der Waals surface area contributed by atoms with Gasteiger partial charge in [-0.1, -0.05) is 54.9 Å².